The van der Waals surface area contributed by atoms with Crippen LogP contribution in [0.15, 0.2) is 24.3 Å². The Morgan fingerprint density at radius 3 is 2.67 bits per heavy atom. The first kappa shape index (κ1) is 19.4. The number of carbonyl (C=O) groups is 3. The number of piperidine rings is 1. The zero-order valence-corrected chi connectivity index (χ0v) is 16.0. The van der Waals surface area contributed by atoms with Crippen molar-refractivity contribution in [1.82, 2.24) is 9.80 Å². The molecule has 2 fully saturated rings. The molecule has 0 unspecified atom stereocenters. The van der Waals surface area contributed by atoms with E-state index in [2.05, 4.69) is 0 Å². The van der Waals surface area contributed by atoms with Gasteiger partial charge in [-0.3, -0.25) is 14.4 Å². The van der Waals surface area contributed by atoms with Crippen LogP contribution in [0, 0.1) is 11.8 Å². The Morgan fingerprint density at radius 2 is 2.00 bits per heavy atom. The number of likely N-dealkylation sites (tertiary alicyclic amines) is 1. The van der Waals surface area contributed by atoms with Gasteiger partial charge in [0.15, 0.2) is 0 Å². The number of carbonyl (C=O) groups excluding carboxylic acids is 3. The van der Waals surface area contributed by atoms with Crippen LogP contribution >= 0.6 is 0 Å². The first-order valence-electron chi connectivity index (χ1n) is 9.93. The molecule has 1 heterocycles. The first-order chi connectivity index (χ1) is 13.0. The lowest BCUT2D eigenvalue weighted by molar-refractivity contribution is -0.134. The van der Waals surface area contributed by atoms with Crippen LogP contribution in [-0.2, 0) is 16.0 Å². The Kier molecular flexibility index (Phi) is 6.14. The summed E-state index contributed by atoms with van der Waals surface area (Å²) in [6, 6.07) is 7.35. The largest absolute Gasteiger partial charge is 0.369 e. The van der Waals surface area contributed by atoms with Gasteiger partial charge in [-0.2, -0.15) is 0 Å². The maximum absolute atomic E-state index is 12.8. The zero-order valence-electron chi connectivity index (χ0n) is 16.0. The number of nitrogens with two attached hydrogens (primary N) is 1. The molecule has 0 spiro atoms. The molecular formula is C21H29N3O3. The normalized spacial score (nSPS) is 19.6. The zero-order chi connectivity index (χ0) is 19.4. The fourth-order valence-electron chi connectivity index (χ4n) is 3.69. The molecule has 1 aromatic carbocycles. The van der Waals surface area contributed by atoms with Crippen LogP contribution in [-0.4, -0.2) is 53.7 Å². The van der Waals surface area contributed by atoms with E-state index < -0.39 is 0 Å². The third-order valence-corrected chi connectivity index (χ3v) is 5.55. The molecule has 6 nitrogen and oxygen atoms in total. The lowest BCUT2D eigenvalue weighted by Gasteiger charge is -2.31. The lowest BCUT2D eigenvalue weighted by Crippen LogP contribution is -2.44. The number of hydrogen-bond donors (Lipinski definition) is 1. The van der Waals surface area contributed by atoms with E-state index >= 15 is 0 Å². The van der Waals surface area contributed by atoms with E-state index in [9.17, 15) is 14.4 Å². The van der Waals surface area contributed by atoms with Gasteiger partial charge in [0, 0.05) is 31.7 Å². The van der Waals surface area contributed by atoms with Crippen LogP contribution < -0.4 is 5.73 Å². The second-order valence-corrected chi connectivity index (χ2v) is 7.75. The molecule has 146 valence electrons. The average molecular weight is 371 g/mol. The molecule has 0 bridgehead atoms. The highest BCUT2D eigenvalue weighted by molar-refractivity contribution is 5.94. The molecule has 0 aromatic heterocycles. The minimum absolute atomic E-state index is 0.0177. The predicted octanol–water partition coefficient (Wildman–Crippen LogP) is 1.83. The summed E-state index contributed by atoms with van der Waals surface area (Å²) < 4.78 is 0. The number of rotatable bonds is 7. The molecule has 1 saturated heterocycles. The van der Waals surface area contributed by atoms with Crippen molar-refractivity contribution in [2.24, 2.45) is 17.6 Å². The molecule has 2 N–H and O–H groups in total. The van der Waals surface area contributed by atoms with Crippen molar-refractivity contribution in [2.75, 3.05) is 26.2 Å². The van der Waals surface area contributed by atoms with E-state index in [1.165, 1.54) is 12.8 Å². The van der Waals surface area contributed by atoms with E-state index in [4.69, 9.17) is 5.73 Å². The van der Waals surface area contributed by atoms with Crippen molar-refractivity contribution in [2.45, 2.75) is 39.0 Å². The average Bonchev–Trinajstić information content (AvgIpc) is 3.50. The van der Waals surface area contributed by atoms with Crippen LogP contribution in [0.3, 0.4) is 0 Å². The molecule has 2 aliphatic rings. The van der Waals surface area contributed by atoms with Crippen molar-refractivity contribution in [1.29, 1.82) is 0 Å². The van der Waals surface area contributed by atoms with Gasteiger partial charge in [-0.25, -0.2) is 0 Å². The highest BCUT2D eigenvalue weighted by Gasteiger charge is 2.28. The summed E-state index contributed by atoms with van der Waals surface area (Å²) in [5, 5.41) is 0. The molecule has 1 aliphatic heterocycles. The van der Waals surface area contributed by atoms with Crippen LogP contribution in [0.2, 0.25) is 0 Å². The minimum atomic E-state index is -0.338. The van der Waals surface area contributed by atoms with Gasteiger partial charge in [0.25, 0.3) is 5.91 Å². The minimum Gasteiger partial charge on any atom is -0.369 e. The van der Waals surface area contributed by atoms with Crippen LogP contribution in [0.1, 0.15) is 48.5 Å². The fraction of sp³-hybridized carbons (Fsp3) is 0.571. The second kappa shape index (κ2) is 8.55. The summed E-state index contributed by atoms with van der Waals surface area (Å²) >= 11 is 0. The Hall–Kier alpha value is -2.37. The standard InChI is InChI=1S/C21H29N3O3/c1-2-23(13-15-8-9-15)21(27)17-6-3-5-16(11-17)12-19(25)24-10-4-7-18(14-24)20(22)26/h3,5-6,11,15,18H,2,4,7-10,12-14H2,1H3,(H2,22,26)/t18-/m0/s1. The molecule has 1 atom stereocenters. The molecule has 27 heavy (non-hydrogen) atoms. The van der Waals surface area contributed by atoms with Gasteiger partial charge in [-0.05, 0) is 56.2 Å². The highest BCUT2D eigenvalue weighted by atomic mass is 16.2. The Balaban J connectivity index is 1.63. The maximum atomic E-state index is 12.8. The summed E-state index contributed by atoms with van der Waals surface area (Å²) in [5.74, 6) is 0.0730. The quantitative estimate of drug-likeness (QED) is 0.794. The van der Waals surface area contributed by atoms with E-state index in [-0.39, 0.29) is 30.1 Å². The van der Waals surface area contributed by atoms with Crippen molar-refractivity contribution < 1.29 is 14.4 Å². The van der Waals surface area contributed by atoms with Crippen molar-refractivity contribution >= 4 is 17.7 Å². The van der Waals surface area contributed by atoms with Gasteiger partial charge in [0.1, 0.15) is 0 Å². The van der Waals surface area contributed by atoms with E-state index in [1.807, 2.05) is 36.1 Å². The number of nitrogens with zero attached hydrogens (tertiary/aromatic N) is 2. The second-order valence-electron chi connectivity index (χ2n) is 7.75. The predicted molar refractivity (Wildman–Crippen MR) is 103 cm³/mol. The third-order valence-electron chi connectivity index (χ3n) is 5.55. The van der Waals surface area contributed by atoms with Gasteiger partial charge in [-0.15, -0.1) is 0 Å². The van der Waals surface area contributed by atoms with E-state index in [0.29, 0.717) is 31.1 Å². The summed E-state index contributed by atoms with van der Waals surface area (Å²) in [6.45, 7) is 4.57. The summed E-state index contributed by atoms with van der Waals surface area (Å²) in [6.07, 6.45) is 4.20. The maximum Gasteiger partial charge on any atom is 0.253 e. The number of amides is 3. The fourth-order valence-corrected chi connectivity index (χ4v) is 3.69. The van der Waals surface area contributed by atoms with Crippen LogP contribution in [0.4, 0.5) is 0 Å². The van der Waals surface area contributed by atoms with E-state index in [0.717, 1.165) is 24.9 Å². The lowest BCUT2D eigenvalue weighted by atomic mass is 9.97. The Labute approximate surface area is 160 Å². The Morgan fingerprint density at radius 1 is 1.22 bits per heavy atom. The van der Waals surface area contributed by atoms with Gasteiger partial charge in [0.05, 0.1) is 12.3 Å². The molecule has 1 aromatic rings. The number of primary amides is 1. The first-order valence-corrected chi connectivity index (χ1v) is 9.93. The van der Waals surface area contributed by atoms with Crippen LogP contribution in [0.5, 0.6) is 0 Å². The number of benzene rings is 1. The summed E-state index contributed by atoms with van der Waals surface area (Å²) in [7, 11) is 0. The van der Waals surface area contributed by atoms with Gasteiger partial charge in [-0.1, -0.05) is 12.1 Å². The van der Waals surface area contributed by atoms with Gasteiger partial charge in [0.2, 0.25) is 11.8 Å². The van der Waals surface area contributed by atoms with Crippen molar-refractivity contribution in [3.63, 3.8) is 0 Å². The molecule has 3 rings (SSSR count). The van der Waals surface area contributed by atoms with Crippen molar-refractivity contribution in [3.8, 4) is 0 Å². The summed E-state index contributed by atoms with van der Waals surface area (Å²) in [4.78, 5) is 40.4. The van der Waals surface area contributed by atoms with Crippen molar-refractivity contribution in [3.05, 3.63) is 35.4 Å². The number of hydrogen-bond acceptors (Lipinski definition) is 3. The molecule has 3 amide bonds. The van der Waals surface area contributed by atoms with Crippen LogP contribution in [0.25, 0.3) is 0 Å². The topological polar surface area (TPSA) is 83.7 Å². The summed E-state index contributed by atoms with van der Waals surface area (Å²) in [5.41, 5.74) is 6.86. The van der Waals surface area contributed by atoms with E-state index in [1.54, 1.807) is 4.90 Å². The highest BCUT2D eigenvalue weighted by Crippen LogP contribution is 2.30. The Bertz CT molecular complexity index is 714. The molecule has 1 saturated carbocycles. The molecule has 6 heteroatoms. The molecule has 0 radical (unpaired) electrons. The SMILES string of the molecule is CCN(CC1CC1)C(=O)c1cccc(CC(=O)N2CCC[C@H](C(N)=O)C2)c1. The molecular weight excluding hydrogens is 342 g/mol. The monoisotopic (exact) mass is 371 g/mol. The van der Waals surface area contributed by atoms with Gasteiger partial charge >= 0.3 is 0 Å². The molecule has 1 aliphatic carbocycles. The third kappa shape index (κ3) is 5.08. The van der Waals surface area contributed by atoms with Gasteiger partial charge < -0.3 is 15.5 Å². The smallest absolute Gasteiger partial charge is 0.253 e.